The van der Waals surface area contributed by atoms with Crippen molar-refractivity contribution in [1.29, 1.82) is 0 Å². The third kappa shape index (κ3) is 1.99. The molecule has 0 saturated carbocycles. The van der Waals surface area contributed by atoms with Gasteiger partial charge in [-0.2, -0.15) is 0 Å². The van der Waals surface area contributed by atoms with Crippen LogP contribution in [0, 0.1) is 0 Å². The lowest BCUT2D eigenvalue weighted by Crippen LogP contribution is -2.37. The van der Waals surface area contributed by atoms with Crippen LogP contribution in [0.15, 0.2) is 30.5 Å². The van der Waals surface area contributed by atoms with Crippen molar-refractivity contribution in [2.24, 2.45) is 7.05 Å². The number of likely N-dealkylation sites (N-methyl/N-ethyl adjacent to an activating group) is 1. The Hall–Kier alpha value is -1.81. The number of nitrogens with zero attached hydrogens (tertiary/aromatic N) is 2. The fraction of sp³-hybridized carbons (Fsp3) is 0.357. The lowest BCUT2D eigenvalue weighted by molar-refractivity contribution is 0.0684. The summed E-state index contributed by atoms with van der Waals surface area (Å²) in [5, 5.41) is 10.1. The fourth-order valence-electron chi connectivity index (χ4n) is 2.02. The monoisotopic (exact) mass is 246 g/mol. The van der Waals surface area contributed by atoms with E-state index in [4.69, 9.17) is 5.11 Å². The molecule has 0 aliphatic heterocycles. The van der Waals surface area contributed by atoms with E-state index in [-0.39, 0.29) is 18.6 Å². The third-order valence-corrected chi connectivity index (χ3v) is 3.37. The first kappa shape index (κ1) is 12.6. The van der Waals surface area contributed by atoms with Crippen LogP contribution < -0.4 is 0 Å². The first-order valence-corrected chi connectivity index (χ1v) is 5.98. The number of benzene rings is 1. The van der Waals surface area contributed by atoms with Crippen LogP contribution >= 0.6 is 0 Å². The zero-order valence-electron chi connectivity index (χ0n) is 10.9. The molecule has 0 aliphatic rings. The van der Waals surface area contributed by atoms with Gasteiger partial charge in [0, 0.05) is 31.2 Å². The van der Waals surface area contributed by atoms with Crippen molar-refractivity contribution < 1.29 is 9.90 Å². The molecular formula is C14H18N2O2. The molecule has 0 spiro atoms. The minimum absolute atomic E-state index is 0.0347. The molecule has 1 atom stereocenters. The van der Waals surface area contributed by atoms with Crippen molar-refractivity contribution in [3.63, 3.8) is 0 Å². The molecule has 1 amide bonds. The molecule has 0 radical (unpaired) electrons. The van der Waals surface area contributed by atoms with E-state index in [1.54, 1.807) is 11.9 Å². The van der Waals surface area contributed by atoms with Gasteiger partial charge in [0.15, 0.2) is 0 Å². The van der Waals surface area contributed by atoms with Gasteiger partial charge >= 0.3 is 0 Å². The third-order valence-electron chi connectivity index (χ3n) is 3.37. The summed E-state index contributed by atoms with van der Waals surface area (Å²) in [6.07, 6.45) is 1.84. The van der Waals surface area contributed by atoms with Gasteiger partial charge < -0.3 is 14.6 Å². The van der Waals surface area contributed by atoms with E-state index in [0.29, 0.717) is 5.56 Å². The summed E-state index contributed by atoms with van der Waals surface area (Å²) < 4.78 is 1.94. The molecule has 4 heteroatoms. The molecule has 0 bridgehead atoms. The number of carbonyl (C=O) groups excluding carboxylic acids is 1. The van der Waals surface area contributed by atoms with Crippen molar-refractivity contribution in [3.05, 3.63) is 36.0 Å². The largest absolute Gasteiger partial charge is 0.394 e. The Kier molecular flexibility index (Phi) is 3.39. The molecule has 1 N–H and O–H groups in total. The van der Waals surface area contributed by atoms with Crippen LogP contribution in [0.5, 0.6) is 0 Å². The molecule has 1 heterocycles. The Balaban J connectivity index is 2.45. The van der Waals surface area contributed by atoms with E-state index in [9.17, 15) is 4.79 Å². The maximum absolute atomic E-state index is 12.4. The number of hydrogen-bond donors (Lipinski definition) is 1. The predicted octanol–water partition coefficient (Wildman–Crippen LogP) is 1.63. The highest BCUT2D eigenvalue weighted by molar-refractivity contribution is 6.06. The zero-order chi connectivity index (χ0) is 13.3. The lowest BCUT2D eigenvalue weighted by Gasteiger charge is -2.22. The Morgan fingerprint density at radius 3 is 2.78 bits per heavy atom. The molecule has 2 rings (SSSR count). The number of carbonyl (C=O) groups is 1. The number of amides is 1. The van der Waals surface area contributed by atoms with Crippen molar-refractivity contribution in [3.8, 4) is 0 Å². The number of aliphatic hydroxyl groups excluding tert-OH is 1. The maximum Gasteiger partial charge on any atom is 0.256 e. The number of aliphatic hydroxyl groups is 1. The van der Waals surface area contributed by atoms with Crippen LogP contribution in [0.4, 0.5) is 0 Å². The van der Waals surface area contributed by atoms with E-state index in [0.717, 1.165) is 10.9 Å². The summed E-state index contributed by atoms with van der Waals surface area (Å²) in [5.41, 5.74) is 1.71. The highest BCUT2D eigenvalue weighted by Crippen LogP contribution is 2.21. The highest BCUT2D eigenvalue weighted by atomic mass is 16.3. The average Bonchev–Trinajstić information content (AvgIpc) is 2.74. The number of fused-ring (bicyclic) bond motifs is 1. The number of rotatable bonds is 3. The van der Waals surface area contributed by atoms with Gasteiger partial charge in [-0.05, 0) is 13.0 Å². The van der Waals surface area contributed by atoms with Crippen molar-refractivity contribution in [2.75, 3.05) is 13.7 Å². The second kappa shape index (κ2) is 4.82. The molecule has 1 aromatic heterocycles. The number of aryl methyl sites for hydroxylation is 1. The van der Waals surface area contributed by atoms with E-state index < -0.39 is 0 Å². The number of aromatic nitrogens is 1. The fourth-order valence-corrected chi connectivity index (χ4v) is 2.02. The number of hydrogen-bond acceptors (Lipinski definition) is 2. The van der Waals surface area contributed by atoms with Gasteiger partial charge in [-0.1, -0.05) is 18.2 Å². The Morgan fingerprint density at radius 2 is 2.11 bits per heavy atom. The number of para-hydroxylation sites is 1. The van der Waals surface area contributed by atoms with Crippen molar-refractivity contribution in [2.45, 2.75) is 13.0 Å². The second-order valence-corrected chi connectivity index (χ2v) is 4.62. The highest BCUT2D eigenvalue weighted by Gasteiger charge is 2.20. The standard InChI is InChI=1S/C14H18N2O2/c1-10(9-17)16(3)14(18)12-8-15(2)13-7-5-4-6-11(12)13/h4-8,10,17H,9H2,1-3H3. The Bertz CT molecular complexity index is 574. The van der Waals surface area contributed by atoms with Gasteiger partial charge in [0.1, 0.15) is 0 Å². The Labute approximate surface area is 106 Å². The molecule has 0 saturated heterocycles. The smallest absolute Gasteiger partial charge is 0.256 e. The van der Waals surface area contributed by atoms with Crippen LogP contribution in [0.1, 0.15) is 17.3 Å². The second-order valence-electron chi connectivity index (χ2n) is 4.62. The van der Waals surface area contributed by atoms with Gasteiger partial charge in [0.2, 0.25) is 0 Å². The minimum Gasteiger partial charge on any atom is -0.394 e. The van der Waals surface area contributed by atoms with Crippen LogP contribution in [-0.2, 0) is 7.05 Å². The van der Waals surface area contributed by atoms with E-state index in [1.807, 2.05) is 49.0 Å². The lowest BCUT2D eigenvalue weighted by atomic mass is 10.1. The normalized spacial score (nSPS) is 12.7. The average molecular weight is 246 g/mol. The summed E-state index contributed by atoms with van der Waals surface area (Å²) >= 11 is 0. The van der Waals surface area contributed by atoms with Gasteiger partial charge in [0.05, 0.1) is 18.2 Å². The van der Waals surface area contributed by atoms with Crippen molar-refractivity contribution >= 4 is 16.8 Å². The Morgan fingerprint density at radius 1 is 1.44 bits per heavy atom. The molecule has 4 nitrogen and oxygen atoms in total. The quantitative estimate of drug-likeness (QED) is 0.894. The first-order chi connectivity index (χ1) is 8.56. The molecule has 0 fully saturated rings. The molecule has 96 valence electrons. The van der Waals surface area contributed by atoms with E-state index in [1.165, 1.54) is 0 Å². The SMILES string of the molecule is CC(CO)N(C)C(=O)c1cn(C)c2ccccc12. The van der Waals surface area contributed by atoms with Gasteiger partial charge in [-0.25, -0.2) is 0 Å². The van der Waals surface area contributed by atoms with Crippen LogP contribution in [0.25, 0.3) is 10.9 Å². The molecular weight excluding hydrogens is 228 g/mol. The zero-order valence-corrected chi connectivity index (χ0v) is 10.9. The summed E-state index contributed by atoms with van der Waals surface area (Å²) in [7, 11) is 3.64. The molecule has 1 aromatic carbocycles. The van der Waals surface area contributed by atoms with Crippen LogP contribution in [-0.4, -0.2) is 40.2 Å². The predicted molar refractivity (Wildman–Crippen MR) is 71.6 cm³/mol. The maximum atomic E-state index is 12.4. The van der Waals surface area contributed by atoms with Gasteiger partial charge in [-0.3, -0.25) is 4.79 Å². The van der Waals surface area contributed by atoms with E-state index >= 15 is 0 Å². The topological polar surface area (TPSA) is 45.5 Å². The summed E-state index contributed by atoms with van der Waals surface area (Å²) in [5.74, 6) is -0.0617. The summed E-state index contributed by atoms with van der Waals surface area (Å²) in [6, 6.07) is 7.63. The molecule has 1 unspecified atom stereocenters. The summed E-state index contributed by atoms with van der Waals surface area (Å²) in [6.45, 7) is 1.79. The summed E-state index contributed by atoms with van der Waals surface area (Å²) in [4.78, 5) is 13.9. The molecule has 18 heavy (non-hydrogen) atoms. The van der Waals surface area contributed by atoms with Crippen LogP contribution in [0.2, 0.25) is 0 Å². The molecule has 0 aliphatic carbocycles. The van der Waals surface area contributed by atoms with E-state index in [2.05, 4.69) is 0 Å². The van der Waals surface area contributed by atoms with Crippen molar-refractivity contribution in [1.82, 2.24) is 9.47 Å². The van der Waals surface area contributed by atoms with Gasteiger partial charge in [-0.15, -0.1) is 0 Å². The molecule has 2 aromatic rings. The van der Waals surface area contributed by atoms with Gasteiger partial charge in [0.25, 0.3) is 5.91 Å². The first-order valence-electron chi connectivity index (χ1n) is 5.98. The minimum atomic E-state index is -0.184. The van der Waals surface area contributed by atoms with Crippen LogP contribution in [0.3, 0.4) is 0 Å².